The molecule has 0 saturated heterocycles. The first kappa shape index (κ1) is 23.1. The maximum atomic E-state index is 13.0. The smallest absolute Gasteiger partial charge is 0.387 e. The summed E-state index contributed by atoms with van der Waals surface area (Å²) in [6.45, 7) is -3.89. The molecule has 174 valence electrons. The molecule has 0 saturated carbocycles. The summed E-state index contributed by atoms with van der Waals surface area (Å²) in [7, 11) is -4.06. The number of rotatable bonds is 6. The zero-order valence-electron chi connectivity index (χ0n) is 17.2. The molecule has 0 unspecified atom stereocenters. The molecule has 0 aromatic heterocycles. The molecule has 8 nitrogen and oxygen atoms in total. The second-order valence-corrected chi connectivity index (χ2v) is 8.93. The predicted octanol–water partition coefficient (Wildman–Crippen LogP) is 3.46. The topological polar surface area (TPSA) is 116 Å². The molecule has 11 heteroatoms. The molecule has 0 bridgehead atoms. The summed E-state index contributed by atoms with van der Waals surface area (Å²) in [5, 5.41) is 2.29. The number of anilines is 1. The number of hydrogen-bond donors (Lipinski definition) is 1. The Kier molecular flexibility index (Phi) is 6.12. The van der Waals surface area contributed by atoms with Crippen molar-refractivity contribution in [2.45, 2.75) is 16.4 Å². The van der Waals surface area contributed by atoms with Crippen molar-refractivity contribution in [1.29, 1.82) is 0 Å². The molecular weight excluding hydrogens is 472 g/mol. The normalized spacial score (nSPS) is 13.6. The second kappa shape index (κ2) is 9.02. The van der Waals surface area contributed by atoms with E-state index in [1.165, 1.54) is 54.6 Å². The standard InChI is InChI=1S/C23H15F2NO7S/c24-23(25)33-17-7-3-2-6-16(17)26-20(27)12-32-22(29)13-9-10-15-19(11-13)34(30,31)18-8-4-1-5-14(18)21(15)28/h1-11,23H,12H2,(H,26,27). The highest BCUT2D eigenvalue weighted by Crippen LogP contribution is 2.35. The van der Waals surface area contributed by atoms with E-state index in [1.54, 1.807) is 6.07 Å². The van der Waals surface area contributed by atoms with Crippen LogP contribution in [0.4, 0.5) is 14.5 Å². The highest BCUT2D eigenvalue weighted by Gasteiger charge is 2.35. The number of esters is 1. The summed E-state index contributed by atoms with van der Waals surface area (Å²) in [6, 6.07) is 14.6. The molecule has 1 heterocycles. The molecule has 0 atom stereocenters. The fraction of sp³-hybridized carbons (Fsp3) is 0.0870. The Morgan fingerprint density at radius 2 is 1.59 bits per heavy atom. The van der Waals surface area contributed by atoms with E-state index in [-0.39, 0.29) is 37.9 Å². The van der Waals surface area contributed by atoms with Crippen molar-refractivity contribution in [2.24, 2.45) is 0 Å². The third kappa shape index (κ3) is 4.37. The summed E-state index contributed by atoms with van der Waals surface area (Å²) in [4.78, 5) is 36.7. The van der Waals surface area contributed by atoms with Crippen LogP contribution in [0.15, 0.2) is 76.5 Å². The fourth-order valence-corrected chi connectivity index (χ4v) is 5.06. The van der Waals surface area contributed by atoms with Gasteiger partial charge in [-0.15, -0.1) is 0 Å². The first-order chi connectivity index (χ1) is 16.2. The van der Waals surface area contributed by atoms with Gasteiger partial charge in [0.05, 0.1) is 21.0 Å². The lowest BCUT2D eigenvalue weighted by molar-refractivity contribution is -0.119. The summed E-state index contributed by atoms with van der Waals surface area (Å²) in [5.41, 5.74) is -0.286. The summed E-state index contributed by atoms with van der Waals surface area (Å²) in [5.74, 6) is -2.63. The van der Waals surface area contributed by atoms with Crippen LogP contribution in [0.25, 0.3) is 0 Å². The first-order valence-electron chi connectivity index (χ1n) is 9.72. The van der Waals surface area contributed by atoms with Crippen molar-refractivity contribution < 1.29 is 41.1 Å². The van der Waals surface area contributed by atoms with Crippen molar-refractivity contribution in [3.8, 4) is 5.75 Å². The predicted molar refractivity (Wildman–Crippen MR) is 114 cm³/mol. The quantitative estimate of drug-likeness (QED) is 0.414. The van der Waals surface area contributed by atoms with Crippen molar-refractivity contribution in [3.63, 3.8) is 0 Å². The molecule has 1 aliphatic heterocycles. The molecule has 0 spiro atoms. The number of sulfone groups is 1. The van der Waals surface area contributed by atoms with E-state index in [1.807, 2.05) is 0 Å². The Balaban J connectivity index is 1.49. The monoisotopic (exact) mass is 487 g/mol. The number of ketones is 1. The number of para-hydroxylation sites is 2. The van der Waals surface area contributed by atoms with Gasteiger partial charge in [0.1, 0.15) is 5.75 Å². The molecule has 1 amide bonds. The minimum atomic E-state index is -4.06. The molecular formula is C23H15F2NO7S. The number of carbonyl (C=O) groups is 3. The van der Waals surface area contributed by atoms with Gasteiger partial charge in [-0.05, 0) is 42.5 Å². The molecule has 0 fully saturated rings. The number of amides is 1. The number of halogens is 2. The number of alkyl halides is 2. The number of hydrogen-bond acceptors (Lipinski definition) is 7. The molecule has 4 rings (SSSR count). The van der Waals surface area contributed by atoms with Gasteiger partial charge in [-0.25, -0.2) is 13.2 Å². The maximum Gasteiger partial charge on any atom is 0.387 e. The largest absolute Gasteiger partial charge is 0.452 e. The summed E-state index contributed by atoms with van der Waals surface area (Å²) < 4.78 is 60.1. The highest BCUT2D eigenvalue weighted by atomic mass is 32.2. The maximum absolute atomic E-state index is 13.0. The Labute approximate surface area is 192 Å². The average Bonchev–Trinajstić information content (AvgIpc) is 2.82. The minimum absolute atomic E-state index is 0.0399. The van der Waals surface area contributed by atoms with E-state index >= 15 is 0 Å². The van der Waals surface area contributed by atoms with Gasteiger partial charge < -0.3 is 14.8 Å². The number of benzene rings is 3. The van der Waals surface area contributed by atoms with E-state index in [4.69, 9.17) is 4.74 Å². The van der Waals surface area contributed by atoms with Crippen molar-refractivity contribution >= 4 is 33.2 Å². The Morgan fingerprint density at radius 3 is 2.35 bits per heavy atom. The van der Waals surface area contributed by atoms with Crippen LogP contribution in [0.5, 0.6) is 5.75 Å². The lowest BCUT2D eigenvalue weighted by Gasteiger charge is -2.19. The summed E-state index contributed by atoms with van der Waals surface area (Å²) >= 11 is 0. The zero-order chi connectivity index (χ0) is 24.5. The van der Waals surface area contributed by atoms with Crippen LogP contribution in [-0.4, -0.2) is 39.3 Å². The van der Waals surface area contributed by atoms with Crippen LogP contribution >= 0.6 is 0 Å². The Hall–Kier alpha value is -4.12. The Morgan fingerprint density at radius 1 is 0.912 bits per heavy atom. The molecule has 3 aromatic carbocycles. The van der Waals surface area contributed by atoms with Gasteiger partial charge in [-0.2, -0.15) is 8.78 Å². The third-order valence-electron chi connectivity index (χ3n) is 4.88. The summed E-state index contributed by atoms with van der Waals surface area (Å²) in [6.07, 6.45) is 0. The first-order valence-corrected chi connectivity index (χ1v) is 11.2. The zero-order valence-corrected chi connectivity index (χ0v) is 18.0. The lowest BCUT2D eigenvalue weighted by atomic mass is 10.0. The van der Waals surface area contributed by atoms with Gasteiger partial charge in [0.2, 0.25) is 9.84 Å². The van der Waals surface area contributed by atoms with Gasteiger partial charge in [0, 0.05) is 11.1 Å². The van der Waals surface area contributed by atoms with Crippen molar-refractivity contribution in [2.75, 3.05) is 11.9 Å². The van der Waals surface area contributed by atoms with Crippen LogP contribution in [0.1, 0.15) is 26.3 Å². The van der Waals surface area contributed by atoms with Crippen LogP contribution < -0.4 is 10.1 Å². The van der Waals surface area contributed by atoms with Crippen LogP contribution in [-0.2, 0) is 19.4 Å². The van der Waals surface area contributed by atoms with E-state index in [0.29, 0.717) is 0 Å². The molecule has 0 aliphatic carbocycles. The molecule has 1 N–H and O–H groups in total. The van der Waals surface area contributed by atoms with Crippen LogP contribution in [0.2, 0.25) is 0 Å². The number of ether oxygens (including phenoxy) is 2. The van der Waals surface area contributed by atoms with Gasteiger partial charge in [-0.3, -0.25) is 9.59 Å². The van der Waals surface area contributed by atoms with Gasteiger partial charge in [0.15, 0.2) is 12.4 Å². The van der Waals surface area contributed by atoms with Crippen molar-refractivity contribution in [1.82, 2.24) is 0 Å². The molecule has 1 aliphatic rings. The van der Waals surface area contributed by atoms with E-state index in [0.717, 1.165) is 6.07 Å². The number of nitrogens with one attached hydrogen (secondary N) is 1. The second-order valence-electron chi connectivity index (χ2n) is 7.04. The molecule has 3 aromatic rings. The average molecular weight is 487 g/mol. The van der Waals surface area contributed by atoms with Crippen LogP contribution in [0, 0.1) is 0 Å². The fourth-order valence-electron chi connectivity index (χ4n) is 3.38. The third-order valence-corrected chi connectivity index (χ3v) is 6.74. The van der Waals surface area contributed by atoms with Gasteiger partial charge in [-0.1, -0.05) is 24.3 Å². The number of carbonyl (C=O) groups excluding carboxylic acids is 3. The van der Waals surface area contributed by atoms with Gasteiger partial charge in [0.25, 0.3) is 5.91 Å². The van der Waals surface area contributed by atoms with Crippen LogP contribution in [0.3, 0.4) is 0 Å². The van der Waals surface area contributed by atoms with Crippen molar-refractivity contribution in [3.05, 3.63) is 83.4 Å². The molecule has 34 heavy (non-hydrogen) atoms. The SMILES string of the molecule is O=C(COC(=O)c1ccc2c(c1)S(=O)(=O)c1ccccc1C2=O)Nc1ccccc1OC(F)F. The Bertz CT molecular complexity index is 1420. The minimum Gasteiger partial charge on any atom is -0.452 e. The number of fused-ring (bicyclic) bond motifs is 2. The van der Waals surface area contributed by atoms with Gasteiger partial charge >= 0.3 is 12.6 Å². The highest BCUT2D eigenvalue weighted by molar-refractivity contribution is 7.91. The lowest BCUT2D eigenvalue weighted by Crippen LogP contribution is -2.23. The molecule has 0 radical (unpaired) electrons. The van der Waals surface area contributed by atoms with E-state index in [2.05, 4.69) is 10.1 Å². The van der Waals surface area contributed by atoms with E-state index in [9.17, 15) is 31.6 Å². The van der Waals surface area contributed by atoms with E-state index < -0.39 is 40.7 Å².